The van der Waals surface area contributed by atoms with E-state index in [9.17, 15) is 17.9 Å². The zero-order chi connectivity index (χ0) is 14.7. The number of β-amino-alcohol motifs (C(OH)–C–C–N with tert-alkyl or cyclic N) is 1. The van der Waals surface area contributed by atoms with Gasteiger partial charge >= 0.3 is 0 Å². The third-order valence-corrected chi connectivity index (χ3v) is 4.28. The van der Waals surface area contributed by atoms with Crippen molar-refractivity contribution in [1.82, 2.24) is 5.32 Å². The lowest BCUT2D eigenvalue weighted by Crippen LogP contribution is -2.42. The van der Waals surface area contributed by atoms with Crippen LogP contribution in [0.1, 0.15) is 20.8 Å². The molecule has 0 radical (unpaired) electrons. The second kappa shape index (κ2) is 5.98. The molecule has 1 unspecified atom stereocenters. The molecule has 0 fully saturated rings. The average molecular weight is 289 g/mol. The lowest BCUT2D eigenvalue weighted by Gasteiger charge is -2.22. The van der Waals surface area contributed by atoms with Crippen molar-refractivity contribution in [1.29, 1.82) is 0 Å². The van der Waals surface area contributed by atoms with Crippen LogP contribution in [0.4, 0.5) is 4.39 Å². The quantitative estimate of drug-likeness (QED) is 0.858. The van der Waals surface area contributed by atoms with Crippen LogP contribution >= 0.6 is 0 Å². The van der Waals surface area contributed by atoms with Crippen molar-refractivity contribution in [3.8, 4) is 0 Å². The molecule has 1 atom stereocenters. The molecular weight excluding hydrogens is 269 g/mol. The van der Waals surface area contributed by atoms with Gasteiger partial charge in [0, 0.05) is 12.1 Å². The third kappa shape index (κ3) is 5.26. The molecule has 0 aliphatic heterocycles. The standard InChI is InChI=1S/C13H20FNO3S/c1-13(2,3)15-8-10(16)9-19(17,18)12-7-5-4-6-11(12)14/h4-7,10,15-16H,8-9H2,1-3H3. The maximum Gasteiger partial charge on any atom is 0.183 e. The Morgan fingerprint density at radius 2 is 1.89 bits per heavy atom. The Morgan fingerprint density at radius 3 is 2.42 bits per heavy atom. The first-order valence-corrected chi connectivity index (χ1v) is 7.67. The van der Waals surface area contributed by atoms with Crippen molar-refractivity contribution in [3.63, 3.8) is 0 Å². The second-order valence-corrected chi connectivity index (χ2v) is 7.50. The lowest BCUT2D eigenvalue weighted by molar-refractivity contribution is 0.181. The predicted molar refractivity (Wildman–Crippen MR) is 72.2 cm³/mol. The molecule has 0 heterocycles. The third-order valence-electron chi connectivity index (χ3n) is 2.45. The van der Waals surface area contributed by atoms with Gasteiger partial charge in [0.05, 0.1) is 11.9 Å². The predicted octanol–water partition coefficient (Wildman–Crippen LogP) is 1.35. The highest BCUT2D eigenvalue weighted by Gasteiger charge is 2.23. The molecule has 0 amide bonds. The molecule has 6 heteroatoms. The van der Waals surface area contributed by atoms with Gasteiger partial charge in [-0.25, -0.2) is 12.8 Å². The van der Waals surface area contributed by atoms with Crippen molar-refractivity contribution >= 4 is 9.84 Å². The summed E-state index contributed by atoms with van der Waals surface area (Å²) in [6, 6.07) is 5.17. The van der Waals surface area contributed by atoms with Crippen molar-refractivity contribution in [3.05, 3.63) is 30.1 Å². The Labute approximate surface area is 113 Å². The Hall–Kier alpha value is -0.980. The molecule has 2 N–H and O–H groups in total. The lowest BCUT2D eigenvalue weighted by atomic mass is 10.1. The molecule has 108 valence electrons. The number of benzene rings is 1. The maximum absolute atomic E-state index is 13.4. The van der Waals surface area contributed by atoms with Gasteiger partial charge in [-0.15, -0.1) is 0 Å². The van der Waals surface area contributed by atoms with Gasteiger partial charge in [-0.2, -0.15) is 0 Å². The van der Waals surface area contributed by atoms with Crippen molar-refractivity contribution in [2.24, 2.45) is 0 Å². The fourth-order valence-electron chi connectivity index (χ4n) is 1.52. The van der Waals surface area contributed by atoms with Crippen LogP contribution < -0.4 is 5.32 Å². The van der Waals surface area contributed by atoms with Crippen LogP contribution in [0.5, 0.6) is 0 Å². The minimum Gasteiger partial charge on any atom is -0.391 e. The first-order chi connectivity index (χ1) is 8.62. The largest absolute Gasteiger partial charge is 0.391 e. The van der Waals surface area contributed by atoms with Gasteiger partial charge in [-0.3, -0.25) is 0 Å². The van der Waals surface area contributed by atoms with Gasteiger partial charge in [0.15, 0.2) is 9.84 Å². The summed E-state index contributed by atoms with van der Waals surface area (Å²) in [4.78, 5) is -0.371. The molecular formula is C13H20FNO3S. The number of sulfone groups is 1. The Morgan fingerprint density at radius 1 is 1.32 bits per heavy atom. The highest BCUT2D eigenvalue weighted by atomic mass is 32.2. The smallest absolute Gasteiger partial charge is 0.183 e. The van der Waals surface area contributed by atoms with Gasteiger partial charge in [0.1, 0.15) is 10.7 Å². The summed E-state index contributed by atoms with van der Waals surface area (Å²) >= 11 is 0. The van der Waals surface area contributed by atoms with E-state index in [-0.39, 0.29) is 17.0 Å². The zero-order valence-corrected chi connectivity index (χ0v) is 12.2. The van der Waals surface area contributed by atoms with Gasteiger partial charge in [-0.1, -0.05) is 12.1 Å². The minimum atomic E-state index is -3.82. The first-order valence-electron chi connectivity index (χ1n) is 6.02. The highest BCUT2D eigenvalue weighted by Crippen LogP contribution is 2.16. The molecule has 19 heavy (non-hydrogen) atoms. The molecule has 0 saturated heterocycles. The van der Waals surface area contributed by atoms with Crippen LogP contribution in [0.25, 0.3) is 0 Å². The molecule has 1 aromatic rings. The van der Waals surface area contributed by atoms with E-state index in [1.807, 2.05) is 20.8 Å². The summed E-state index contributed by atoms with van der Waals surface area (Å²) in [7, 11) is -3.82. The van der Waals surface area contributed by atoms with E-state index >= 15 is 0 Å². The highest BCUT2D eigenvalue weighted by molar-refractivity contribution is 7.91. The summed E-state index contributed by atoms with van der Waals surface area (Å²) in [5.74, 6) is -1.30. The first kappa shape index (κ1) is 16.1. The van der Waals surface area contributed by atoms with Crippen molar-refractivity contribution in [2.75, 3.05) is 12.3 Å². The summed E-state index contributed by atoms with van der Waals surface area (Å²) in [5.41, 5.74) is -0.220. The van der Waals surface area contributed by atoms with Crippen LogP contribution in [-0.2, 0) is 9.84 Å². The monoisotopic (exact) mass is 289 g/mol. The Kier molecular flexibility index (Phi) is 5.06. The van der Waals surface area contributed by atoms with Gasteiger partial charge < -0.3 is 10.4 Å². The molecule has 0 bridgehead atoms. The molecule has 0 aromatic heterocycles. The van der Waals surface area contributed by atoms with E-state index in [4.69, 9.17) is 0 Å². The molecule has 1 aromatic carbocycles. The molecule has 0 aliphatic carbocycles. The molecule has 4 nitrogen and oxygen atoms in total. The molecule has 0 saturated carbocycles. The van der Waals surface area contributed by atoms with Crippen LogP contribution in [0.15, 0.2) is 29.2 Å². The summed E-state index contributed by atoms with van der Waals surface area (Å²) in [5, 5.41) is 12.7. The van der Waals surface area contributed by atoms with Crippen molar-refractivity contribution in [2.45, 2.75) is 37.3 Å². The number of hydrogen-bond acceptors (Lipinski definition) is 4. The minimum absolute atomic E-state index is 0.136. The molecule has 0 aliphatic rings. The fourth-order valence-corrected chi connectivity index (χ4v) is 2.98. The van der Waals surface area contributed by atoms with E-state index in [0.717, 1.165) is 6.07 Å². The average Bonchev–Trinajstić information content (AvgIpc) is 2.25. The number of aliphatic hydroxyl groups excluding tert-OH is 1. The Bertz CT molecular complexity index is 523. The SMILES string of the molecule is CC(C)(C)NCC(O)CS(=O)(=O)c1ccccc1F. The van der Waals surface area contributed by atoms with Gasteiger partial charge in [0.25, 0.3) is 0 Å². The van der Waals surface area contributed by atoms with Crippen molar-refractivity contribution < 1.29 is 17.9 Å². The van der Waals surface area contributed by atoms with Crippen LogP contribution in [0.2, 0.25) is 0 Å². The number of nitrogens with one attached hydrogen (secondary N) is 1. The normalized spacial score (nSPS) is 14.4. The van der Waals surface area contributed by atoms with Gasteiger partial charge in [0.2, 0.25) is 0 Å². The van der Waals surface area contributed by atoms with E-state index in [1.54, 1.807) is 0 Å². The van der Waals surface area contributed by atoms with E-state index < -0.39 is 27.5 Å². The van der Waals surface area contributed by atoms with E-state index in [1.165, 1.54) is 18.2 Å². The van der Waals surface area contributed by atoms with E-state index in [2.05, 4.69) is 5.32 Å². The number of aliphatic hydroxyl groups is 1. The Balaban J connectivity index is 2.73. The maximum atomic E-state index is 13.4. The van der Waals surface area contributed by atoms with Crippen LogP contribution in [0, 0.1) is 5.82 Å². The number of hydrogen-bond donors (Lipinski definition) is 2. The fraction of sp³-hybridized carbons (Fsp3) is 0.538. The van der Waals surface area contributed by atoms with E-state index in [0.29, 0.717) is 0 Å². The number of halogens is 1. The topological polar surface area (TPSA) is 66.4 Å². The number of rotatable bonds is 5. The van der Waals surface area contributed by atoms with Gasteiger partial charge in [-0.05, 0) is 32.9 Å². The summed E-state index contributed by atoms with van der Waals surface area (Å²) in [6.07, 6.45) is -1.08. The summed E-state index contributed by atoms with van der Waals surface area (Å²) < 4.78 is 37.4. The molecule has 0 spiro atoms. The summed E-state index contributed by atoms with van der Waals surface area (Å²) in [6.45, 7) is 5.86. The second-order valence-electron chi connectivity index (χ2n) is 5.50. The van der Waals surface area contributed by atoms with Crippen LogP contribution in [0.3, 0.4) is 0 Å². The molecule has 1 rings (SSSR count). The zero-order valence-electron chi connectivity index (χ0n) is 11.4. The van der Waals surface area contributed by atoms with Crippen LogP contribution in [-0.4, -0.2) is 37.5 Å².